The number of carbonyl (C=O) groups is 1. The molecule has 1 aromatic carbocycles. The van der Waals surface area contributed by atoms with Crippen molar-refractivity contribution in [2.24, 2.45) is 0 Å². The molecule has 0 bridgehead atoms. The first-order valence-electron chi connectivity index (χ1n) is 6.34. The number of benzene rings is 1. The summed E-state index contributed by atoms with van der Waals surface area (Å²) in [4.78, 5) is 16.8. The zero-order valence-electron chi connectivity index (χ0n) is 11.0. The van der Waals surface area contributed by atoms with E-state index in [0.29, 0.717) is 6.61 Å². The maximum atomic E-state index is 11.5. The first-order valence-corrected chi connectivity index (χ1v) is 7.15. The van der Waals surface area contributed by atoms with Gasteiger partial charge >= 0.3 is 0 Å². The number of hydrogen-bond donors (Lipinski definition) is 0. The smallest absolute Gasteiger partial charge is 0.171 e. The lowest BCUT2D eigenvalue weighted by Crippen LogP contribution is -2.18. The van der Waals surface area contributed by atoms with Gasteiger partial charge in [-0.15, -0.1) is 11.3 Å². The predicted octanol–water partition coefficient (Wildman–Crippen LogP) is 3.37. The van der Waals surface area contributed by atoms with Crippen LogP contribution in [0.4, 0.5) is 0 Å². The summed E-state index contributed by atoms with van der Waals surface area (Å²) in [5, 5.41) is 1.01. The van der Waals surface area contributed by atoms with Crippen molar-refractivity contribution in [3.8, 4) is 5.75 Å². The Bertz CT molecular complexity index is 633. The molecule has 1 aliphatic heterocycles. The van der Waals surface area contributed by atoms with Crippen molar-refractivity contribution in [1.82, 2.24) is 4.98 Å². The molecule has 98 valence electrons. The van der Waals surface area contributed by atoms with Crippen LogP contribution in [-0.4, -0.2) is 17.4 Å². The minimum absolute atomic E-state index is 0.0957. The van der Waals surface area contributed by atoms with Crippen LogP contribution < -0.4 is 4.74 Å². The summed E-state index contributed by atoms with van der Waals surface area (Å²) < 4.78 is 5.78. The van der Waals surface area contributed by atoms with Crippen molar-refractivity contribution >= 4 is 17.1 Å². The van der Waals surface area contributed by atoms with Crippen molar-refractivity contribution < 1.29 is 9.53 Å². The van der Waals surface area contributed by atoms with Crippen LogP contribution in [0.5, 0.6) is 5.75 Å². The topological polar surface area (TPSA) is 39.2 Å². The molecule has 0 amide bonds. The van der Waals surface area contributed by atoms with E-state index in [9.17, 15) is 4.79 Å². The van der Waals surface area contributed by atoms with E-state index < -0.39 is 0 Å². The van der Waals surface area contributed by atoms with Crippen LogP contribution in [0.1, 0.15) is 38.8 Å². The Labute approximate surface area is 116 Å². The zero-order chi connectivity index (χ0) is 13.4. The molecule has 0 aliphatic carbocycles. The van der Waals surface area contributed by atoms with Crippen molar-refractivity contribution in [3.05, 3.63) is 45.4 Å². The quantitative estimate of drug-likeness (QED) is 0.787. The normalized spacial score (nSPS) is 17.7. The molecule has 1 aromatic heterocycles. The van der Waals surface area contributed by atoms with Crippen molar-refractivity contribution in [1.29, 1.82) is 0 Å². The van der Waals surface area contributed by atoms with E-state index in [1.807, 2.05) is 25.1 Å². The van der Waals surface area contributed by atoms with Crippen LogP contribution >= 0.6 is 11.3 Å². The Morgan fingerprint density at radius 1 is 1.42 bits per heavy atom. The van der Waals surface area contributed by atoms with E-state index in [0.717, 1.165) is 27.7 Å². The lowest BCUT2D eigenvalue weighted by molar-refractivity contribution is 0.102. The molecule has 1 unspecified atom stereocenters. The summed E-state index contributed by atoms with van der Waals surface area (Å²) in [6, 6.07) is 8.10. The second-order valence-electron chi connectivity index (χ2n) is 4.84. The number of thiazole rings is 1. The monoisotopic (exact) mass is 273 g/mol. The molecule has 0 saturated heterocycles. The molecule has 0 saturated carbocycles. The van der Waals surface area contributed by atoms with Crippen LogP contribution in [0.3, 0.4) is 0 Å². The van der Waals surface area contributed by atoms with Crippen LogP contribution in [-0.2, 0) is 6.42 Å². The van der Waals surface area contributed by atoms with Gasteiger partial charge in [-0.2, -0.15) is 0 Å². The van der Waals surface area contributed by atoms with Gasteiger partial charge < -0.3 is 4.74 Å². The van der Waals surface area contributed by atoms with Gasteiger partial charge in [0, 0.05) is 12.8 Å². The Morgan fingerprint density at radius 2 is 2.21 bits per heavy atom. The van der Waals surface area contributed by atoms with Gasteiger partial charge in [-0.05, 0) is 25.0 Å². The first-order chi connectivity index (χ1) is 9.15. The van der Waals surface area contributed by atoms with Gasteiger partial charge in [0.1, 0.15) is 10.8 Å². The first kappa shape index (κ1) is 12.4. The van der Waals surface area contributed by atoms with Crippen LogP contribution in [0, 0.1) is 6.92 Å². The molecule has 0 radical (unpaired) electrons. The van der Waals surface area contributed by atoms with Crippen molar-refractivity contribution in [2.45, 2.75) is 26.2 Å². The second-order valence-corrected chi connectivity index (χ2v) is 5.87. The summed E-state index contributed by atoms with van der Waals surface area (Å²) >= 11 is 1.51. The minimum Gasteiger partial charge on any atom is -0.493 e. The van der Waals surface area contributed by atoms with Crippen molar-refractivity contribution in [2.75, 3.05) is 6.61 Å². The molecule has 19 heavy (non-hydrogen) atoms. The van der Waals surface area contributed by atoms with E-state index in [4.69, 9.17) is 4.74 Å². The number of aromatic nitrogens is 1. The number of nitrogens with zero attached hydrogens (tertiary/aromatic N) is 1. The zero-order valence-corrected chi connectivity index (χ0v) is 11.8. The number of Topliss-reactive ketones (excluding diaryl/α,β-unsaturated/α-hetero) is 1. The summed E-state index contributed by atoms with van der Waals surface area (Å²) in [7, 11) is 0. The van der Waals surface area contributed by atoms with Gasteiger partial charge in [-0.1, -0.05) is 18.2 Å². The molecular weight excluding hydrogens is 258 g/mol. The molecular formula is C15H15NO2S. The highest BCUT2D eigenvalue weighted by atomic mass is 32.1. The lowest BCUT2D eigenvalue weighted by atomic mass is 9.97. The maximum absolute atomic E-state index is 11.5. The molecule has 4 heteroatoms. The Morgan fingerprint density at radius 3 is 2.95 bits per heavy atom. The molecule has 1 atom stereocenters. The van der Waals surface area contributed by atoms with Gasteiger partial charge in [0.05, 0.1) is 17.2 Å². The average molecular weight is 273 g/mol. The van der Waals surface area contributed by atoms with E-state index in [1.54, 1.807) is 6.92 Å². The number of aryl methyl sites for hydroxylation is 1. The summed E-state index contributed by atoms with van der Waals surface area (Å²) in [5.74, 6) is 1.32. The largest absolute Gasteiger partial charge is 0.493 e. The molecule has 1 aliphatic rings. The van der Waals surface area contributed by atoms with Gasteiger partial charge in [0.25, 0.3) is 0 Å². The third-order valence-corrected chi connectivity index (χ3v) is 4.78. The SMILES string of the molecule is CC(=O)c1sc(C2COc3ccccc3C2)nc1C. The van der Waals surface area contributed by atoms with Gasteiger partial charge in [0.15, 0.2) is 5.78 Å². The number of ether oxygens (including phenoxy) is 1. The summed E-state index contributed by atoms with van der Waals surface area (Å²) in [6.45, 7) is 4.13. The fraction of sp³-hybridized carbons (Fsp3) is 0.333. The summed E-state index contributed by atoms with van der Waals surface area (Å²) in [6.07, 6.45) is 0.931. The molecule has 0 spiro atoms. The Kier molecular flexibility index (Phi) is 3.11. The van der Waals surface area contributed by atoms with Gasteiger partial charge in [-0.3, -0.25) is 4.79 Å². The highest BCUT2D eigenvalue weighted by Crippen LogP contribution is 2.34. The number of carbonyl (C=O) groups excluding carboxylic acids is 1. The molecule has 0 N–H and O–H groups in total. The van der Waals surface area contributed by atoms with E-state index in [2.05, 4.69) is 11.1 Å². The highest BCUT2D eigenvalue weighted by molar-refractivity contribution is 7.13. The van der Waals surface area contributed by atoms with E-state index in [1.165, 1.54) is 16.9 Å². The highest BCUT2D eigenvalue weighted by Gasteiger charge is 2.25. The predicted molar refractivity (Wildman–Crippen MR) is 75.2 cm³/mol. The van der Waals surface area contributed by atoms with Crippen molar-refractivity contribution in [3.63, 3.8) is 0 Å². The second kappa shape index (κ2) is 4.78. The molecule has 3 nitrogen and oxygen atoms in total. The van der Waals surface area contributed by atoms with E-state index >= 15 is 0 Å². The van der Waals surface area contributed by atoms with Gasteiger partial charge in [-0.25, -0.2) is 4.98 Å². The third-order valence-electron chi connectivity index (χ3n) is 3.36. The minimum atomic E-state index is 0.0957. The fourth-order valence-corrected chi connectivity index (χ4v) is 3.45. The third kappa shape index (κ3) is 2.28. The van der Waals surface area contributed by atoms with Crippen LogP contribution in [0.2, 0.25) is 0 Å². The number of para-hydroxylation sites is 1. The Balaban J connectivity index is 1.89. The van der Waals surface area contributed by atoms with Crippen LogP contribution in [0.15, 0.2) is 24.3 Å². The molecule has 2 aromatic rings. The number of hydrogen-bond acceptors (Lipinski definition) is 4. The number of ketones is 1. The summed E-state index contributed by atoms with van der Waals surface area (Å²) in [5.41, 5.74) is 2.06. The van der Waals surface area contributed by atoms with E-state index in [-0.39, 0.29) is 11.7 Å². The lowest BCUT2D eigenvalue weighted by Gasteiger charge is -2.23. The maximum Gasteiger partial charge on any atom is 0.171 e. The standard InChI is InChI=1S/C15H15NO2S/c1-9-14(10(2)17)19-15(16-9)12-7-11-5-3-4-6-13(11)18-8-12/h3-6,12H,7-8H2,1-2H3. The number of fused-ring (bicyclic) bond motifs is 1. The Hall–Kier alpha value is -1.68. The molecule has 3 rings (SSSR count). The average Bonchev–Trinajstić information content (AvgIpc) is 2.80. The molecule has 2 heterocycles. The van der Waals surface area contributed by atoms with Gasteiger partial charge in [0.2, 0.25) is 0 Å². The van der Waals surface area contributed by atoms with Crippen LogP contribution in [0.25, 0.3) is 0 Å². The fourth-order valence-electron chi connectivity index (χ4n) is 2.41. The molecule has 0 fully saturated rings. The number of rotatable bonds is 2.